The van der Waals surface area contributed by atoms with E-state index in [2.05, 4.69) is 20.3 Å². The summed E-state index contributed by atoms with van der Waals surface area (Å²) in [6, 6.07) is 3.62. The fourth-order valence-electron chi connectivity index (χ4n) is 3.09. The van der Waals surface area contributed by atoms with Gasteiger partial charge < -0.3 is 9.88 Å². The van der Waals surface area contributed by atoms with Crippen molar-refractivity contribution >= 4 is 87.5 Å². The van der Waals surface area contributed by atoms with E-state index in [9.17, 15) is 4.79 Å². The molecule has 0 atom stereocenters. The van der Waals surface area contributed by atoms with Gasteiger partial charge in [0.1, 0.15) is 37.2 Å². The fraction of sp³-hybridized carbons (Fsp3) is 0.0526. The smallest absolute Gasteiger partial charge is 0.255 e. The third kappa shape index (κ3) is 3.41. The van der Waals surface area contributed by atoms with Crippen LogP contribution in [-0.2, 0) is 7.05 Å². The summed E-state index contributed by atoms with van der Waals surface area (Å²) in [5, 5.41) is 3.45. The molecule has 0 saturated heterocycles. The van der Waals surface area contributed by atoms with E-state index < -0.39 is 5.91 Å². The van der Waals surface area contributed by atoms with Crippen LogP contribution in [0.4, 0.5) is 5.82 Å². The standard InChI is InChI=1S/C19H10B4ClN5O/c1-29-7-25-6-11(29)9-2-8-3-12(27-5-10(8)26-4-9)28-19(30)13-14(20)16(22)18(24)17(23)15(13)21/h2-7H,1H3,(H,27,28,30). The number of rotatable bonds is 3. The van der Waals surface area contributed by atoms with E-state index in [0.29, 0.717) is 5.52 Å². The number of fused-ring (bicyclic) bond motifs is 1. The van der Waals surface area contributed by atoms with Gasteiger partial charge in [0.05, 0.1) is 29.9 Å². The zero-order chi connectivity index (χ0) is 21.6. The molecule has 3 heterocycles. The average molecular weight is 403 g/mol. The quantitative estimate of drug-likeness (QED) is 0.451. The maximum absolute atomic E-state index is 12.8. The van der Waals surface area contributed by atoms with Crippen molar-refractivity contribution in [1.82, 2.24) is 19.5 Å². The molecule has 1 amide bonds. The Bertz CT molecular complexity index is 1300. The number of imidazole rings is 1. The maximum atomic E-state index is 12.8. The van der Waals surface area contributed by atoms with Crippen LogP contribution in [-0.4, -0.2) is 56.8 Å². The summed E-state index contributed by atoms with van der Waals surface area (Å²) in [7, 11) is 25.4. The Morgan fingerprint density at radius 2 is 1.70 bits per heavy atom. The molecule has 136 valence electrons. The van der Waals surface area contributed by atoms with Crippen molar-refractivity contribution < 1.29 is 4.79 Å². The molecular formula is C19H10B4ClN5O. The lowest BCUT2D eigenvalue weighted by molar-refractivity contribution is 0.102. The second kappa shape index (κ2) is 7.69. The van der Waals surface area contributed by atoms with E-state index >= 15 is 0 Å². The van der Waals surface area contributed by atoms with Gasteiger partial charge in [0.2, 0.25) is 0 Å². The van der Waals surface area contributed by atoms with Gasteiger partial charge in [0.15, 0.2) is 0 Å². The Morgan fingerprint density at radius 1 is 1.00 bits per heavy atom. The molecular weight excluding hydrogens is 393 g/mol. The number of aromatic nitrogens is 4. The Balaban J connectivity index is 1.71. The first-order valence-corrected chi connectivity index (χ1v) is 9.11. The lowest BCUT2D eigenvalue weighted by Crippen LogP contribution is -2.47. The summed E-state index contributed by atoms with van der Waals surface area (Å²) in [4.78, 5) is 25.6. The lowest BCUT2D eigenvalue weighted by atomic mass is 9.67. The second-order valence-corrected chi connectivity index (χ2v) is 7.05. The minimum Gasteiger partial charge on any atom is -0.334 e. The van der Waals surface area contributed by atoms with Gasteiger partial charge in [-0.2, -0.15) is 0 Å². The Kier molecular flexibility index (Phi) is 5.20. The molecule has 0 aliphatic carbocycles. The van der Waals surface area contributed by atoms with Gasteiger partial charge in [-0.1, -0.05) is 33.5 Å². The maximum Gasteiger partial charge on any atom is 0.255 e. The molecule has 4 aromatic rings. The molecule has 4 rings (SSSR count). The number of aryl methyl sites for hydroxylation is 1. The van der Waals surface area contributed by atoms with Gasteiger partial charge in [-0.3, -0.25) is 9.78 Å². The number of carbonyl (C=O) groups is 1. The summed E-state index contributed by atoms with van der Waals surface area (Å²) in [5.41, 5.74) is 2.26. The molecule has 0 spiro atoms. The Labute approximate surface area is 183 Å². The molecule has 3 aromatic heterocycles. The number of benzene rings is 1. The minimum absolute atomic E-state index is 0.00925. The molecule has 0 saturated carbocycles. The Hall–Kier alpha value is -2.99. The molecule has 0 aliphatic heterocycles. The topological polar surface area (TPSA) is 72.7 Å². The molecule has 1 N–H and O–H groups in total. The second-order valence-electron chi connectivity index (χ2n) is 6.67. The molecule has 0 unspecified atom stereocenters. The van der Waals surface area contributed by atoms with Crippen molar-refractivity contribution in [3.05, 3.63) is 47.6 Å². The van der Waals surface area contributed by atoms with Gasteiger partial charge in [-0.25, -0.2) is 9.97 Å². The summed E-state index contributed by atoms with van der Waals surface area (Å²) in [5.74, 6) is -0.329. The SMILES string of the molecule is [B]c1c([B])c(C(=O)Nc2cc3cc(-c4cncn4C)cnc3cn2)c([B])c([B])c1Cl. The average Bonchev–Trinajstić information content (AvgIpc) is 3.16. The van der Waals surface area contributed by atoms with Gasteiger partial charge in [0, 0.05) is 34.8 Å². The Morgan fingerprint density at radius 3 is 2.33 bits per heavy atom. The number of pyridine rings is 2. The van der Waals surface area contributed by atoms with E-state index in [1.165, 1.54) is 0 Å². The number of carbonyl (C=O) groups excluding carboxylic acids is 1. The number of hydrogen-bond acceptors (Lipinski definition) is 4. The largest absolute Gasteiger partial charge is 0.334 e. The molecule has 30 heavy (non-hydrogen) atoms. The zero-order valence-electron chi connectivity index (χ0n) is 15.8. The first kappa shape index (κ1) is 20.3. The number of halogens is 1. The molecule has 6 nitrogen and oxygen atoms in total. The van der Waals surface area contributed by atoms with Crippen LogP contribution in [0.5, 0.6) is 0 Å². The summed E-state index contributed by atoms with van der Waals surface area (Å²) < 4.78 is 1.88. The fourth-order valence-corrected chi connectivity index (χ4v) is 3.30. The summed E-state index contributed by atoms with van der Waals surface area (Å²) in [6.07, 6.45) is 6.74. The number of hydrogen-bond donors (Lipinski definition) is 1. The van der Waals surface area contributed by atoms with Gasteiger partial charge in [-0.15, -0.1) is 0 Å². The van der Waals surface area contributed by atoms with E-state index in [-0.39, 0.29) is 38.3 Å². The predicted octanol–water partition coefficient (Wildman–Crippen LogP) is -0.889. The number of nitrogens with one attached hydrogen (secondary N) is 1. The first-order chi connectivity index (χ1) is 14.3. The van der Waals surface area contributed by atoms with Gasteiger partial charge in [-0.05, 0) is 12.1 Å². The number of anilines is 1. The van der Waals surface area contributed by atoms with Crippen molar-refractivity contribution in [2.45, 2.75) is 0 Å². The molecule has 8 radical (unpaired) electrons. The lowest BCUT2D eigenvalue weighted by Gasteiger charge is -2.18. The molecule has 0 aliphatic rings. The molecule has 1 aromatic carbocycles. The highest BCUT2D eigenvalue weighted by Crippen LogP contribution is 2.23. The third-order valence-electron chi connectivity index (χ3n) is 4.74. The first-order valence-electron chi connectivity index (χ1n) is 8.73. The van der Waals surface area contributed by atoms with Crippen LogP contribution in [0, 0.1) is 0 Å². The van der Waals surface area contributed by atoms with Crippen LogP contribution in [0.1, 0.15) is 10.4 Å². The molecule has 0 fully saturated rings. The highest BCUT2D eigenvalue weighted by molar-refractivity contribution is 6.65. The third-order valence-corrected chi connectivity index (χ3v) is 5.15. The van der Waals surface area contributed by atoms with Crippen LogP contribution in [0.3, 0.4) is 0 Å². The van der Waals surface area contributed by atoms with Crippen molar-refractivity contribution in [1.29, 1.82) is 0 Å². The number of amides is 1. The normalized spacial score (nSPS) is 11.0. The van der Waals surface area contributed by atoms with Crippen LogP contribution in [0.25, 0.3) is 22.2 Å². The van der Waals surface area contributed by atoms with E-state index in [1.807, 2.05) is 17.7 Å². The van der Waals surface area contributed by atoms with Gasteiger partial charge in [0.25, 0.3) is 5.91 Å². The van der Waals surface area contributed by atoms with Crippen LogP contribution < -0.4 is 27.2 Å². The number of nitrogens with zero attached hydrogens (tertiary/aromatic N) is 4. The summed E-state index contributed by atoms with van der Waals surface area (Å²) >= 11 is 5.99. The van der Waals surface area contributed by atoms with Crippen LogP contribution >= 0.6 is 11.6 Å². The van der Waals surface area contributed by atoms with Crippen molar-refractivity contribution in [2.24, 2.45) is 7.05 Å². The van der Waals surface area contributed by atoms with Crippen LogP contribution in [0.2, 0.25) is 5.02 Å². The van der Waals surface area contributed by atoms with Crippen molar-refractivity contribution in [3.8, 4) is 11.3 Å². The van der Waals surface area contributed by atoms with E-state index in [4.69, 9.17) is 43.0 Å². The van der Waals surface area contributed by atoms with E-state index in [0.717, 1.165) is 16.6 Å². The van der Waals surface area contributed by atoms with E-state index in [1.54, 1.807) is 31.0 Å². The molecule has 0 bridgehead atoms. The van der Waals surface area contributed by atoms with Gasteiger partial charge >= 0.3 is 0 Å². The zero-order valence-corrected chi connectivity index (χ0v) is 16.6. The van der Waals surface area contributed by atoms with Crippen molar-refractivity contribution in [3.63, 3.8) is 0 Å². The highest BCUT2D eigenvalue weighted by Gasteiger charge is 2.18. The predicted molar refractivity (Wildman–Crippen MR) is 123 cm³/mol. The summed E-state index contributed by atoms with van der Waals surface area (Å²) in [6.45, 7) is 0. The highest BCUT2D eigenvalue weighted by atomic mass is 35.5. The minimum atomic E-state index is -0.609. The van der Waals surface area contributed by atoms with Crippen LogP contribution in [0.15, 0.2) is 37.1 Å². The monoisotopic (exact) mass is 403 g/mol. The molecule has 11 heteroatoms. The van der Waals surface area contributed by atoms with Crippen molar-refractivity contribution in [2.75, 3.05) is 5.32 Å².